The second-order valence-corrected chi connectivity index (χ2v) is 5.21. The molecule has 1 aromatic carbocycles. The lowest BCUT2D eigenvalue weighted by Crippen LogP contribution is -2.23. The number of hydrogen-bond donors (Lipinski definition) is 2. The molecule has 0 bridgehead atoms. The van der Waals surface area contributed by atoms with Gasteiger partial charge in [-0.25, -0.2) is 9.18 Å². The van der Waals surface area contributed by atoms with Crippen molar-refractivity contribution < 1.29 is 23.5 Å². The average molecular weight is 356 g/mol. The van der Waals surface area contributed by atoms with Crippen molar-refractivity contribution in [3.05, 3.63) is 57.2 Å². The molecule has 110 valence electrons. The van der Waals surface area contributed by atoms with E-state index in [1.54, 1.807) is 0 Å². The molecule has 0 saturated carbocycles. The molecule has 7 heteroatoms. The Kier molecular flexibility index (Phi) is 4.42. The highest BCUT2D eigenvalue weighted by Crippen LogP contribution is 2.17. The molecule has 5 nitrogen and oxygen atoms in total. The summed E-state index contributed by atoms with van der Waals surface area (Å²) in [5.74, 6) is -1.82. The number of carbonyl (C=O) groups is 2. The number of benzene rings is 1. The largest absolute Gasteiger partial charge is 0.478 e. The Bertz CT molecular complexity index is 711. The van der Waals surface area contributed by atoms with Crippen LogP contribution in [0.2, 0.25) is 0 Å². The lowest BCUT2D eigenvalue weighted by molar-refractivity contribution is 0.0694. The van der Waals surface area contributed by atoms with Crippen molar-refractivity contribution in [2.75, 3.05) is 0 Å². The molecule has 0 unspecified atom stereocenters. The summed E-state index contributed by atoms with van der Waals surface area (Å²) >= 11 is 3.16. The van der Waals surface area contributed by atoms with Gasteiger partial charge in [0.25, 0.3) is 5.91 Å². The van der Waals surface area contributed by atoms with Crippen molar-refractivity contribution >= 4 is 27.8 Å². The predicted molar refractivity (Wildman–Crippen MR) is 75.7 cm³/mol. The third-order valence-corrected chi connectivity index (χ3v) is 3.29. The van der Waals surface area contributed by atoms with Gasteiger partial charge >= 0.3 is 5.97 Å². The van der Waals surface area contributed by atoms with Crippen molar-refractivity contribution in [3.8, 4) is 0 Å². The van der Waals surface area contributed by atoms with Gasteiger partial charge in [0.05, 0.1) is 12.1 Å². The van der Waals surface area contributed by atoms with Crippen LogP contribution in [0.25, 0.3) is 0 Å². The molecule has 1 amide bonds. The summed E-state index contributed by atoms with van der Waals surface area (Å²) < 4.78 is 19.3. The number of amides is 1. The number of carboxylic acids is 1. The minimum atomic E-state index is -1.10. The van der Waals surface area contributed by atoms with E-state index in [4.69, 9.17) is 9.52 Å². The zero-order chi connectivity index (χ0) is 15.6. The fourth-order valence-corrected chi connectivity index (χ4v) is 2.14. The molecule has 0 spiro atoms. The highest BCUT2D eigenvalue weighted by molar-refractivity contribution is 9.10. The second kappa shape index (κ2) is 6.09. The van der Waals surface area contributed by atoms with Crippen LogP contribution in [0.15, 0.2) is 33.2 Å². The quantitative estimate of drug-likeness (QED) is 0.882. The standard InChI is InChI=1S/C14H11BrFNO4/c1-7-10(14(19)20)5-9(21-7)6-17-13(18)11-4-8(15)2-3-12(11)16/h2-5H,6H2,1H3,(H,17,18)(H,19,20). The van der Waals surface area contributed by atoms with Crippen LogP contribution in [-0.2, 0) is 6.54 Å². The Morgan fingerprint density at radius 1 is 1.33 bits per heavy atom. The van der Waals surface area contributed by atoms with Gasteiger partial charge in [-0.2, -0.15) is 0 Å². The van der Waals surface area contributed by atoms with Crippen LogP contribution in [-0.4, -0.2) is 17.0 Å². The molecule has 2 rings (SSSR count). The number of halogens is 2. The summed E-state index contributed by atoms with van der Waals surface area (Å²) in [5, 5.41) is 11.4. The van der Waals surface area contributed by atoms with Gasteiger partial charge in [-0.15, -0.1) is 0 Å². The normalized spacial score (nSPS) is 10.4. The summed E-state index contributed by atoms with van der Waals surface area (Å²) in [6.07, 6.45) is 0. The third-order valence-electron chi connectivity index (χ3n) is 2.80. The lowest BCUT2D eigenvalue weighted by Gasteiger charge is -2.05. The number of hydrogen-bond acceptors (Lipinski definition) is 3. The van der Waals surface area contributed by atoms with Gasteiger partial charge in [-0.05, 0) is 31.2 Å². The van der Waals surface area contributed by atoms with E-state index in [1.165, 1.54) is 31.2 Å². The van der Waals surface area contributed by atoms with Gasteiger partial charge in [0.2, 0.25) is 0 Å². The first-order chi connectivity index (χ1) is 9.88. The van der Waals surface area contributed by atoms with E-state index in [9.17, 15) is 14.0 Å². The Morgan fingerprint density at radius 3 is 2.67 bits per heavy atom. The van der Waals surface area contributed by atoms with Crippen LogP contribution in [0.5, 0.6) is 0 Å². The first kappa shape index (κ1) is 15.2. The van der Waals surface area contributed by atoms with Crippen molar-refractivity contribution in [2.45, 2.75) is 13.5 Å². The molecule has 0 saturated heterocycles. The second-order valence-electron chi connectivity index (χ2n) is 4.29. The number of carboxylic acid groups (broad SMARTS) is 1. The van der Waals surface area contributed by atoms with Crippen molar-refractivity contribution in [2.24, 2.45) is 0 Å². The fourth-order valence-electron chi connectivity index (χ4n) is 1.78. The van der Waals surface area contributed by atoms with Gasteiger partial charge in [0.1, 0.15) is 22.9 Å². The summed E-state index contributed by atoms with van der Waals surface area (Å²) in [6.45, 7) is 1.49. The monoisotopic (exact) mass is 355 g/mol. The molecule has 0 aliphatic carbocycles. The van der Waals surface area contributed by atoms with E-state index in [-0.39, 0.29) is 29.2 Å². The Hall–Kier alpha value is -2.15. The SMILES string of the molecule is Cc1oc(CNC(=O)c2cc(Br)ccc2F)cc1C(=O)O. The Balaban J connectivity index is 2.09. The maximum Gasteiger partial charge on any atom is 0.339 e. The van der Waals surface area contributed by atoms with Crippen LogP contribution in [0.4, 0.5) is 4.39 Å². The Morgan fingerprint density at radius 2 is 2.05 bits per heavy atom. The number of nitrogens with one attached hydrogen (secondary N) is 1. The number of rotatable bonds is 4. The molecule has 2 aromatic rings. The van der Waals surface area contributed by atoms with Crippen LogP contribution in [0, 0.1) is 12.7 Å². The molecule has 2 N–H and O–H groups in total. The number of aryl methyl sites for hydroxylation is 1. The zero-order valence-corrected chi connectivity index (χ0v) is 12.5. The lowest BCUT2D eigenvalue weighted by atomic mass is 10.2. The van der Waals surface area contributed by atoms with E-state index < -0.39 is 17.7 Å². The first-order valence-corrected chi connectivity index (χ1v) is 6.73. The topological polar surface area (TPSA) is 79.5 Å². The van der Waals surface area contributed by atoms with Crippen molar-refractivity contribution in [1.82, 2.24) is 5.32 Å². The molecule has 0 aliphatic heterocycles. The summed E-state index contributed by atoms with van der Waals surface area (Å²) in [4.78, 5) is 22.8. The third kappa shape index (κ3) is 3.49. The van der Waals surface area contributed by atoms with E-state index in [0.29, 0.717) is 4.47 Å². The van der Waals surface area contributed by atoms with Crippen molar-refractivity contribution in [1.29, 1.82) is 0 Å². The van der Waals surface area contributed by atoms with Crippen molar-refractivity contribution in [3.63, 3.8) is 0 Å². The molecule has 1 heterocycles. The summed E-state index contributed by atoms with van der Waals surface area (Å²) in [7, 11) is 0. The fraction of sp³-hybridized carbons (Fsp3) is 0.143. The molecule has 21 heavy (non-hydrogen) atoms. The van der Waals surface area contributed by atoms with Gasteiger partial charge in [-0.1, -0.05) is 15.9 Å². The van der Waals surface area contributed by atoms with Gasteiger partial charge in [-0.3, -0.25) is 4.79 Å². The highest BCUT2D eigenvalue weighted by Gasteiger charge is 2.16. The molecular weight excluding hydrogens is 345 g/mol. The summed E-state index contributed by atoms with van der Waals surface area (Å²) in [6, 6.07) is 5.36. The minimum absolute atomic E-state index is 0.0289. The van der Waals surface area contributed by atoms with Crippen LogP contribution >= 0.6 is 15.9 Å². The first-order valence-electron chi connectivity index (χ1n) is 5.94. The molecule has 0 aliphatic rings. The number of furan rings is 1. The smallest absolute Gasteiger partial charge is 0.339 e. The maximum absolute atomic E-state index is 13.5. The average Bonchev–Trinajstić information content (AvgIpc) is 2.80. The zero-order valence-electron chi connectivity index (χ0n) is 10.9. The molecule has 0 fully saturated rings. The summed E-state index contributed by atoms with van der Waals surface area (Å²) in [5.41, 5.74) is -0.0704. The molecule has 1 aromatic heterocycles. The molecule has 0 atom stereocenters. The molecular formula is C14H11BrFNO4. The van der Waals surface area contributed by atoms with Crippen LogP contribution in [0.3, 0.4) is 0 Å². The van der Waals surface area contributed by atoms with Crippen LogP contribution < -0.4 is 5.32 Å². The number of carbonyl (C=O) groups excluding carboxylic acids is 1. The van der Waals surface area contributed by atoms with E-state index in [0.717, 1.165) is 0 Å². The van der Waals surface area contributed by atoms with E-state index in [2.05, 4.69) is 21.2 Å². The van der Waals surface area contributed by atoms with Gasteiger partial charge in [0.15, 0.2) is 0 Å². The van der Waals surface area contributed by atoms with E-state index in [1.807, 2.05) is 0 Å². The Labute approximate surface area is 127 Å². The predicted octanol–water partition coefficient (Wildman–Crippen LogP) is 3.12. The maximum atomic E-state index is 13.5. The number of aromatic carboxylic acids is 1. The minimum Gasteiger partial charge on any atom is -0.478 e. The van der Waals surface area contributed by atoms with E-state index >= 15 is 0 Å². The van der Waals surface area contributed by atoms with Crippen LogP contribution in [0.1, 0.15) is 32.2 Å². The highest BCUT2D eigenvalue weighted by atomic mass is 79.9. The molecule has 0 radical (unpaired) electrons. The van der Waals surface area contributed by atoms with Gasteiger partial charge < -0.3 is 14.8 Å². The van der Waals surface area contributed by atoms with Gasteiger partial charge in [0, 0.05) is 4.47 Å².